The van der Waals surface area contributed by atoms with E-state index in [1.807, 2.05) is 0 Å². The smallest absolute Gasteiger partial charge is 0.314 e. The van der Waals surface area contributed by atoms with Crippen LogP contribution in [0.4, 0.5) is 0 Å². The fourth-order valence-corrected chi connectivity index (χ4v) is 2.59. The molecule has 0 aromatic carbocycles. The molecule has 0 aromatic heterocycles. The molecular weight excluding hydrogens is 256 g/mol. The Kier molecular flexibility index (Phi) is 6.49. The van der Waals surface area contributed by atoms with Crippen molar-refractivity contribution in [3.8, 4) is 0 Å². The first-order valence-electron chi connectivity index (χ1n) is 7.34. The zero-order chi connectivity index (χ0) is 15.0. The van der Waals surface area contributed by atoms with Crippen LogP contribution in [0.2, 0.25) is 0 Å². The average molecular weight is 280 g/mol. The quantitative estimate of drug-likeness (QED) is 0.547. The Morgan fingerprint density at radius 2 is 1.95 bits per heavy atom. The van der Waals surface area contributed by atoms with Crippen LogP contribution < -0.4 is 0 Å². The van der Waals surface area contributed by atoms with Crippen molar-refractivity contribution >= 4 is 11.9 Å². The normalized spacial score (nSPS) is 24.6. The minimum absolute atomic E-state index is 0.262. The van der Waals surface area contributed by atoms with E-state index in [0.717, 1.165) is 25.7 Å². The molecule has 20 heavy (non-hydrogen) atoms. The van der Waals surface area contributed by atoms with Crippen molar-refractivity contribution in [3.63, 3.8) is 0 Å². The average Bonchev–Trinajstić information content (AvgIpc) is 2.44. The van der Waals surface area contributed by atoms with Gasteiger partial charge in [-0.15, -0.1) is 0 Å². The van der Waals surface area contributed by atoms with Crippen LogP contribution >= 0.6 is 0 Å². The lowest BCUT2D eigenvalue weighted by atomic mass is 9.69. The maximum absolute atomic E-state index is 12.0. The molecule has 112 valence electrons. The molecule has 0 fully saturated rings. The minimum atomic E-state index is -1.16. The van der Waals surface area contributed by atoms with Crippen molar-refractivity contribution in [3.05, 3.63) is 24.3 Å². The third-order valence-corrected chi connectivity index (χ3v) is 3.75. The molecule has 1 N–H and O–H groups in total. The van der Waals surface area contributed by atoms with Gasteiger partial charge in [0.2, 0.25) is 0 Å². The van der Waals surface area contributed by atoms with Gasteiger partial charge in [0.25, 0.3) is 0 Å². The van der Waals surface area contributed by atoms with E-state index in [2.05, 4.69) is 6.92 Å². The number of aliphatic carboxylic acids is 1. The SMILES string of the molecule is CCCCCCC1(C(=O)O)C=CC=CC1C(=O)OCC. The Bertz CT molecular complexity index is 397. The molecule has 0 bridgehead atoms. The second-order valence-electron chi connectivity index (χ2n) is 5.13. The minimum Gasteiger partial charge on any atom is -0.481 e. The first kappa shape index (κ1) is 16.5. The molecule has 1 aliphatic carbocycles. The lowest BCUT2D eigenvalue weighted by Crippen LogP contribution is -2.42. The van der Waals surface area contributed by atoms with Crippen molar-refractivity contribution in [1.82, 2.24) is 0 Å². The number of hydrogen-bond donors (Lipinski definition) is 1. The highest BCUT2D eigenvalue weighted by Crippen LogP contribution is 2.40. The summed E-state index contributed by atoms with van der Waals surface area (Å²) < 4.78 is 5.03. The summed E-state index contributed by atoms with van der Waals surface area (Å²) in [6.45, 7) is 4.10. The number of carboxylic acids is 1. The highest BCUT2D eigenvalue weighted by Gasteiger charge is 2.47. The molecule has 0 saturated heterocycles. The van der Waals surface area contributed by atoms with E-state index in [1.54, 1.807) is 31.2 Å². The summed E-state index contributed by atoms with van der Waals surface area (Å²) in [5.41, 5.74) is -1.16. The van der Waals surface area contributed by atoms with Gasteiger partial charge in [0.1, 0.15) is 5.41 Å². The highest BCUT2D eigenvalue weighted by atomic mass is 16.5. The Labute approximate surface area is 120 Å². The fraction of sp³-hybridized carbons (Fsp3) is 0.625. The Morgan fingerprint density at radius 1 is 1.20 bits per heavy atom. The van der Waals surface area contributed by atoms with Gasteiger partial charge in [-0.3, -0.25) is 9.59 Å². The molecule has 0 amide bonds. The van der Waals surface area contributed by atoms with Gasteiger partial charge < -0.3 is 9.84 Å². The predicted molar refractivity (Wildman–Crippen MR) is 77.2 cm³/mol. The van der Waals surface area contributed by atoms with Crippen LogP contribution in [0, 0.1) is 11.3 Å². The van der Waals surface area contributed by atoms with E-state index < -0.39 is 23.3 Å². The fourth-order valence-electron chi connectivity index (χ4n) is 2.59. The predicted octanol–water partition coefficient (Wildman–Crippen LogP) is 3.33. The molecular formula is C16H24O4. The number of esters is 1. The summed E-state index contributed by atoms with van der Waals surface area (Å²) in [7, 11) is 0. The van der Waals surface area contributed by atoms with Crippen molar-refractivity contribution in [2.75, 3.05) is 6.61 Å². The number of rotatable bonds is 8. The van der Waals surface area contributed by atoms with E-state index >= 15 is 0 Å². The molecule has 0 heterocycles. The van der Waals surface area contributed by atoms with Gasteiger partial charge in [0.15, 0.2) is 0 Å². The van der Waals surface area contributed by atoms with Crippen LogP contribution in [-0.4, -0.2) is 23.7 Å². The van der Waals surface area contributed by atoms with Crippen LogP contribution in [0.5, 0.6) is 0 Å². The lowest BCUT2D eigenvalue weighted by molar-refractivity contribution is -0.160. The molecule has 4 heteroatoms. The summed E-state index contributed by atoms with van der Waals surface area (Å²) >= 11 is 0. The summed E-state index contributed by atoms with van der Waals surface area (Å²) in [6, 6.07) is 0. The van der Waals surface area contributed by atoms with E-state index in [-0.39, 0.29) is 6.61 Å². The van der Waals surface area contributed by atoms with E-state index in [1.165, 1.54) is 0 Å². The summed E-state index contributed by atoms with van der Waals surface area (Å²) in [5, 5.41) is 9.64. The largest absolute Gasteiger partial charge is 0.481 e. The molecule has 2 unspecified atom stereocenters. The highest BCUT2D eigenvalue weighted by molar-refractivity contribution is 5.88. The first-order valence-corrected chi connectivity index (χ1v) is 7.34. The number of unbranched alkanes of at least 4 members (excludes halogenated alkanes) is 3. The van der Waals surface area contributed by atoms with Gasteiger partial charge >= 0.3 is 11.9 Å². The molecule has 0 spiro atoms. The van der Waals surface area contributed by atoms with Crippen molar-refractivity contribution in [2.45, 2.75) is 46.0 Å². The maximum atomic E-state index is 12.0. The second kappa shape index (κ2) is 7.88. The van der Waals surface area contributed by atoms with E-state index in [4.69, 9.17) is 4.74 Å². The number of carbonyl (C=O) groups excluding carboxylic acids is 1. The Hall–Kier alpha value is -1.58. The third kappa shape index (κ3) is 3.71. The Morgan fingerprint density at radius 3 is 2.55 bits per heavy atom. The zero-order valence-corrected chi connectivity index (χ0v) is 12.3. The van der Waals surface area contributed by atoms with Crippen LogP contribution in [0.1, 0.15) is 46.0 Å². The molecule has 0 radical (unpaired) electrons. The lowest BCUT2D eigenvalue weighted by Gasteiger charge is -2.33. The Balaban J connectivity index is 2.88. The number of carbonyl (C=O) groups is 2. The summed E-state index contributed by atoms with van der Waals surface area (Å²) in [5.74, 6) is -2.13. The van der Waals surface area contributed by atoms with Crippen molar-refractivity contribution in [1.29, 1.82) is 0 Å². The molecule has 0 aliphatic heterocycles. The van der Waals surface area contributed by atoms with Gasteiger partial charge in [-0.05, 0) is 13.3 Å². The van der Waals surface area contributed by atoms with Gasteiger partial charge in [0, 0.05) is 0 Å². The van der Waals surface area contributed by atoms with Crippen LogP contribution in [-0.2, 0) is 14.3 Å². The molecule has 0 aromatic rings. The number of ether oxygens (including phenoxy) is 1. The van der Waals surface area contributed by atoms with Crippen molar-refractivity contribution < 1.29 is 19.4 Å². The monoisotopic (exact) mass is 280 g/mol. The number of hydrogen-bond acceptors (Lipinski definition) is 3. The molecule has 2 atom stereocenters. The van der Waals surface area contributed by atoms with Gasteiger partial charge in [-0.25, -0.2) is 0 Å². The first-order chi connectivity index (χ1) is 9.58. The molecule has 1 rings (SSSR count). The van der Waals surface area contributed by atoms with Crippen LogP contribution in [0.25, 0.3) is 0 Å². The van der Waals surface area contributed by atoms with Crippen LogP contribution in [0.3, 0.4) is 0 Å². The second-order valence-corrected chi connectivity index (χ2v) is 5.13. The number of allylic oxidation sites excluding steroid dienone is 2. The van der Waals surface area contributed by atoms with Crippen LogP contribution in [0.15, 0.2) is 24.3 Å². The number of carboxylic acid groups (broad SMARTS) is 1. The zero-order valence-electron chi connectivity index (χ0n) is 12.3. The topological polar surface area (TPSA) is 63.6 Å². The van der Waals surface area contributed by atoms with Gasteiger partial charge in [0.05, 0.1) is 12.5 Å². The van der Waals surface area contributed by atoms with Crippen molar-refractivity contribution in [2.24, 2.45) is 11.3 Å². The maximum Gasteiger partial charge on any atom is 0.314 e. The van der Waals surface area contributed by atoms with Gasteiger partial charge in [-0.1, -0.05) is 56.9 Å². The summed E-state index contributed by atoms with van der Waals surface area (Å²) in [4.78, 5) is 23.8. The summed E-state index contributed by atoms with van der Waals surface area (Å²) in [6.07, 6.45) is 11.1. The third-order valence-electron chi connectivity index (χ3n) is 3.75. The standard InChI is InChI=1S/C16H24O4/c1-3-5-6-8-11-16(15(18)19)12-9-7-10-13(16)14(17)20-4-2/h7,9-10,12-13H,3-6,8,11H2,1-2H3,(H,18,19). The van der Waals surface area contributed by atoms with Gasteiger partial charge in [-0.2, -0.15) is 0 Å². The van der Waals surface area contributed by atoms with E-state index in [9.17, 15) is 14.7 Å². The van der Waals surface area contributed by atoms with E-state index in [0.29, 0.717) is 6.42 Å². The molecule has 0 saturated carbocycles. The molecule has 4 nitrogen and oxygen atoms in total. The molecule has 1 aliphatic rings.